The molecular formula is C10H18N4OS. The molecule has 0 aliphatic rings. The summed E-state index contributed by atoms with van der Waals surface area (Å²) in [6.07, 6.45) is 0. The Hall–Kier alpha value is -0.850. The van der Waals surface area contributed by atoms with E-state index in [1.807, 2.05) is 0 Å². The van der Waals surface area contributed by atoms with Crippen molar-refractivity contribution in [1.29, 1.82) is 0 Å². The molecule has 0 atom stereocenters. The topological polar surface area (TPSA) is 73.1 Å². The number of hydrazine groups is 1. The van der Waals surface area contributed by atoms with Gasteiger partial charge in [0.15, 0.2) is 0 Å². The molecule has 6 heteroatoms. The van der Waals surface area contributed by atoms with E-state index >= 15 is 0 Å². The molecule has 1 aromatic heterocycles. The number of methoxy groups -OCH3 is 1. The molecule has 3 N–H and O–H groups in total. The van der Waals surface area contributed by atoms with Gasteiger partial charge in [0.05, 0.1) is 18.1 Å². The quantitative estimate of drug-likeness (QED) is 0.582. The number of anilines is 1. The number of thioether (sulfide) groups is 1. The number of nitrogen functional groups attached to an aromatic ring is 1. The largest absolute Gasteiger partial charge is 0.378 e. The zero-order valence-electron chi connectivity index (χ0n) is 9.86. The summed E-state index contributed by atoms with van der Waals surface area (Å²) in [6, 6.07) is 1.78. The van der Waals surface area contributed by atoms with Crippen LogP contribution in [0.5, 0.6) is 0 Å². The lowest BCUT2D eigenvalue weighted by Crippen LogP contribution is -2.12. The van der Waals surface area contributed by atoms with Crippen LogP contribution in [0.4, 0.5) is 5.82 Å². The van der Waals surface area contributed by atoms with Crippen LogP contribution in [0.25, 0.3) is 0 Å². The molecule has 0 aliphatic carbocycles. The molecule has 1 aromatic rings. The fourth-order valence-electron chi connectivity index (χ4n) is 1.15. The minimum atomic E-state index is 0.469. The highest BCUT2D eigenvalue weighted by Crippen LogP contribution is 2.16. The molecule has 0 fully saturated rings. The second kappa shape index (κ2) is 6.67. The van der Waals surface area contributed by atoms with Gasteiger partial charge in [0.2, 0.25) is 0 Å². The molecule has 1 heterocycles. The SMILES string of the molecule is COCc1cc(NN)nc(CSC(C)C)n1. The van der Waals surface area contributed by atoms with Gasteiger partial charge in [-0.1, -0.05) is 13.8 Å². The van der Waals surface area contributed by atoms with Crippen LogP contribution < -0.4 is 11.3 Å². The van der Waals surface area contributed by atoms with Crippen molar-refractivity contribution >= 4 is 17.6 Å². The van der Waals surface area contributed by atoms with Crippen molar-refractivity contribution in [2.45, 2.75) is 31.5 Å². The second-order valence-electron chi connectivity index (χ2n) is 3.60. The molecule has 0 aliphatic heterocycles. The summed E-state index contributed by atoms with van der Waals surface area (Å²) in [5, 5.41) is 0.559. The molecule has 0 saturated carbocycles. The highest BCUT2D eigenvalue weighted by molar-refractivity contribution is 7.99. The first-order chi connectivity index (χ1) is 7.65. The molecule has 0 radical (unpaired) electrons. The summed E-state index contributed by atoms with van der Waals surface area (Å²) in [5.74, 6) is 7.54. The van der Waals surface area contributed by atoms with Gasteiger partial charge >= 0.3 is 0 Å². The van der Waals surface area contributed by atoms with E-state index in [1.165, 1.54) is 0 Å². The Bertz CT molecular complexity index is 333. The van der Waals surface area contributed by atoms with Crippen LogP contribution in [-0.4, -0.2) is 22.3 Å². The molecule has 5 nitrogen and oxygen atoms in total. The predicted octanol–water partition coefficient (Wildman–Crippen LogP) is 1.55. The summed E-state index contributed by atoms with van der Waals surface area (Å²) in [6.45, 7) is 4.76. The minimum absolute atomic E-state index is 0.469. The Kier molecular flexibility index (Phi) is 5.51. The van der Waals surface area contributed by atoms with Crippen molar-refractivity contribution in [2.75, 3.05) is 12.5 Å². The molecule has 0 unspecified atom stereocenters. The van der Waals surface area contributed by atoms with Gasteiger partial charge in [-0.3, -0.25) is 0 Å². The smallest absolute Gasteiger partial charge is 0.144 e. The maximum Gasteiger partial charge on any atom is 0.144 e. The lowest BCUT2D eigenvalue weighted by Gasteiger charge is -2.08. The molecule has 0 aromatic carbocycles. The molecular weight excluding hydrogens is 224 g/mol. The number of nitrogens with zero attached hydrogens (tertiary/aromatic N) is 2. The molecule has 0 bridgehead atoms. The minimum Gasteiger partial charge on any atom is -0.378 e. The average Bonchev–Trinajstić information content (AvgIpc) is 2.26. The van der Waals surface area contributed by atoms with Gasteiger partial charge < -0.3 is 10.2 Å². The van der Waals surface area contributed by atoms with E-state index in [1.54, 1.807) is 24.9 Å². The van der Waals surface area contributed by atoms with Crippen LogP contribution in [0.15, 0.2) is 6.07 Å². The summed E-state index contributed by atoms with van der Waals surface area (Å²) in [7, 11) is 1.64. The van der Waals surface area contributed by atoms with E-state index in [0.717, 1.165) is 17.3 Å². The van der Waals surface area contributed by atoms with Gasteiger partial charge in [-0.25, -0.2) is 15.8 Å². The van der Waals surface area contributed by atoms with Crippen LogP contribution in [-0.2, 0) is 17.1 Å². The fraction of sp³-hybridized carbons (Fsp3) is 0.600. The molecule has 0 amide bonds. The highest BCUT2D eigenvalue weighted by atomic mass is 32.2. The predicted molar refractivity (Wildman–Crippen MR) is 67.0 cm³/mol. The number of hydrogen-bond donors (Lipinski definition) is 2. The van der Waals surface area contributed by atoms with E-state index < -0.39 is 0 Å². The lowest BCUT2D eigenvalue weighted by atomic mass is 10.4. The van der Waals surface area contributed by atoms with Crippen molar-refractivity contribution in [2.24, 2.45) is 5.84 Å². The maximum atomic E-state index is 5.35. The van der Waals surface area contributed by atoms with Gasteiger partial charge in [-0.2, -0.15) is 11.8 Å². The van der Waals surface area contributed by atoms with Crippen molar-refractivity contribution in [1.82, 2.24) is 9.97 Å². The summed E-state index contributed by atoms with van der Waals surface area (Å²) in [5.41, 5.74) is 3.38. The van der Waals surface area contributed by atoms with Gasteiger partial charge in [0.25, 0.3) is 0 Å². The van der Waals surface area contributed by atoms with Gasteiger partial charge in [0, 0.05) is 13.2 Å². The number of aromatic nitrogens is 2. The number of rotatable bonds is 6. The summed E-state index contributed by atoms with van der Waals surface area (Å²) < 4.78 is 5.04. The molecule has 1 rings (SSSR count). The Morgan fingerprint density at radius 2 is 2.25 bits per heavy atom. The van der Waals surface area contributed by atoms with Crippen LogP contribution >= 0.6 is 11.8 Å². The first-order valence-electron chi connectivity index (χ1n) is 5.09. The van der Waals surface area contributed by atoms with Crippen molar-refractivity contribution in [3.8, 4) is 0 Å². The number of ether oxygens (including phenoxy) is 1. The third-order valence-corrected chi connectivity index (χ3v) is 2.90. The van der Waals surface area contributed by atoms with Crippen LogP contribution in [0.1, 0.15) is 25.4 Å². The van der Waals surface area contributed by atoms with Gasteiger partial charge in [-0.05, 0) is 5.25 Å². The maximum absolute atomic E-state index is 5.35. The second-order valence-corrected chi connectivity index (χ2v) is 5.16. The van der Waals surface area contributed by atoms with Crippen molar-refractivity contribution in [3.63, 3.8) is 0 Å². The van der Waals surface area contributed by atoms with Gasteiger partial charge in [0.1, 0.15) is 11.6 Å². The third kappa shape index (κ3) is 4.34. The van der Waals surface area contributed by atoms with E-state index in [0.29, 0.717) is 17.7 Å². The number of hydrogen-bond acceptors (Lipinski definition) is 6. The number of nitrogens with one attached hydrogen (secondary N) is 1. The summed E-state index contributed by atoms with van der Waals surface area (Å²) >= 11 is 1.80. The Balaban J connectivity index is 2.77. The zero-order chi connectivity index (χ0) is 12.0. The molecule has 0 spiro atoms. The molecule has 0 saturated heterocycles. The van der Waals surface area contributed by atoms with Crippen LogP contribution in [0.3, 0.4) is 0 Å². The number of nitrogens with two attached hydrogens (primary N) is 1. The molecule has 16 heavy (non-hydrogen) atoms. The average molecular weight is 242 g/mol. The monoisotopic (exact) mass is 242 g/mol. The standard InChI is InChI=1S/C10H18N4OS/c1-7(2)16-6-10-12-8(5-15-3)4-9(13-10)14-11/h4,7H,5-6,11H2,1-3H3,(H,12,13,14). The van der Waals surface area contributed by atoms with Gasteiger partial charge in [-0.15, -0.1) is 0 Å². The zero-order valence-corrected chi connectivity index (χ0v) is 10.7. The third-order valence-electron chi connectivity index (χ3n) is 1.81. The highest BCUT2D eigenvalue weighted by Gasteiger charge is 2.05. The first-order valence-corrected chi connectivity index (χ1v) is 6.14. The Labute approximate surface area is 100 Å². The van der Waals surface area contributed by atoms with Crippen molar-refractivity contribution < 1.29 is 4.74 Å². The van der Waals surface area contributed by atoms with Crippen LogP contribution in [0, 0.1) is 0 Å². The van der Waals surface area contributed by atoms with Crippen LogP contribution in [0.2, 0.25) is 0 Å². The Morgan fingerprint density at radius 1 is 1.50 bits per heavy atom. The first kappa shape index (κ1) is 13.2. The summed E-state index contributed by atoms with van der Waals surface area (Å²) in [4.78, 5) is 8.67. The van der Waals surface area contributed by atoms with E-state index in [4.69, 9.17) is 10.6 Å². The normalized spacial score (nSPS) is 10.8. The lowest BCUT2D eigenvalue weighted by molar-refractivity contribution is 0.181. The van der Waals surface area contributed by atoms with Crippen molar-refractivity contribution in [3.05, 3.63) is 17.6 Å². The Morgan fingerprint density at radius 3 is 2.81 bits per heavy atom. The molecule has 90 valence electrons. The van der Waals surface area contributed by atoms with E-state index in [9.17, 15) is 0 Å². The van der Waals surface area contributed by atoms with E-state index in [-0.39, 0.29) is 0 Å². The van der Waals surface area contributed by atoms with E-state index in [2.05, 4.69) is 29.2 Å². The fourth-order valence-corrected chi connectivity index (χ4v) is 1.77.